The number of aliphatic hydroxyl groups excluding tert-OH is 1. The number of benzene rings is 1. The van der Waals surface area contributed by atoms with Gasteiger partial charge in [-0.05, 0) is 45.0 Å². The van der Waals surface area contributed by atoms with Crippen molar-refractivity contribution in [3.63, 3.8) is 0 Å². The summed E-state index contributed by atoms with van der Waals surface area (Å²) in [6.45, 7) is 5.32. The lowest BCUT2D eigenvalue weighted by Gasteiger charge is -2.34. The number of carboxylic acid groups (broad SMARTS) is 1. The van der Waals surface area contributed by atoms with Gasteiger partial charge in [0.2, 0.25) is 10.0 Å². The van der Waals surface area contributed by atoms with Crippen LogP contribution >= 0.6 is 0 Å². The number of nitrogens with one attached hydrogen (secondary N) is 1. The predicted molar refractivity (Wildman–Crippen MR) is 95.8 cm³/mol. The summed E-state index contributed by atoms with van der Waals surface area (Å²) in [6.07, 6.45) is -1.72. The fourth-order valence-corrected chi connectivity index (χ4v) is 4.46. The molecule has 1 heterocycles. The van der Waals surface area contributed by atoms with Gasteiger partial charge in [0.15, 0.2) is 6.04 Å². The van der Waals surface area contributed by atoms with Crippen molar-refractivity contribution in [2.45, 2.75) is 50.0 Å². The van der Waals surface area contributed by atoms with E-state index >= 15 is 0 Å². The van der Waals surface area contributed by atoms with Crippen molar-refractivity contribution in [1.29, 1.82) is 0 Å². The molecule has 1 amide bonds. The van der Waals surface area contributed by atoms with Crippen LogP contribution in [0.2, 0.25) is 0 Å². The number of hydrogen-bond acceptors (Lipinski definition) is 6. The van der Waals surface area contributed by atoms with Crippen LogP contribution in [0.3, 0.4) is 0 Å². The largest absolute Gasteiger partial charge is 0.480 e. The maximum Gasteiger partial charge on any atom is 0.328 e. The monoisotopic (exact) mass is 400 g/mol. The average molecular weight is 400 g/mol. The Labute approximate surface area is 158 Å². The third kappa shape index (κ3) is 5.04. The second-order valence-electron chi connectivity index (χ2n) is 6.63. The number of rotatable bonds is 6. The molecule has 10 heteroatoms. The third-order valence-corrected chi connectivity index (χ3v) is 6.02. The van der Waals surface area contributed by atoms with Crippen LogP contribution in [-0.4, -0.2) is 72.3 Å². The maximum absolute atomic E-state index is 12.8. The van der Waals surface area contributed by atoms with Gasteiger partial charge in [-0.25, -0.2) is 13.2 Å². The second-order valence-corrected chi connectivity index (χ2v) is 8.57. The molecule has 2 rings (SSSR count). The van der Waals surface area contributed by atoms with Gasteiger partial charge in [0.25, 0.3) is 5.91 Å². The van der Waals surface area contributed by atoms with Crippen LogP contribution in [0.4, 0.5) is 0 Å². The van der Waals surface area contributed by atoms with E-state index in [2.05, 4.69) is 5.32 Å². The second kappa shape index (κ2) is 8.34. The normalized spacial score (nSPS) is 23.4. The Morgan fingerprint density at radius 2 is 1.70 bits per heavy atom. The Hall–Kier alpha value is -2.01. The number of ether oxygens (including phenoxy) is 1. The van der Waals surface area contributed by atoms with Gasteiger partial charge < -0.3 is 20.3 Å². The van der Waals surface area contributed by atoms with Crippen LogP contribution in [0.25, 0.3) is 0 Å². The Kier molecular flexibility index (Phi) is 6.58. The number of morpholine rings is 1. The van der Waals surface area contributed by atoms with Crippen LogP contribution in [-0.2, 0) is 19.6 Å². The lowest BCUT2D eigenvalue weighted by molar-refractivity contribution is -0.141. The van der Waals surface area contributed by atoms with E-state index in [1.54, 1.807) is 13.8 Å². The molecule has 0 bridgehead atoms. The molecule has 1 aromatic carbocycles. The molecule has 0 spiro atoms. The molecule has 1 aromatic rings. The summed E-state index contributed by atoms with van der Waals surface area (Å²) in [4.78, 5) is 23.2. The van der Waals surface area contributed by atoms with E-state index in [9.17, 15) is 23.1 Å². The van der Waals surface area contributed by atoms with E-state index in [-0.39, 0.29) is 35.8 Å². The molecule has 4 atom stereocenters. The predicted octanol–water partition coefficient (Wildman–Crippen LogP) is 0.0483. The van der Waals surface area contributed by atoms with E-state index < -0.39 is 34.0 Å². The van der Waals surface area contributed by atoms with Crippen molar-refractivity contribution in [1.82, 2.24) is 9.62 Å². The van der Waals surface area contributed by atoms with E-state index in [4.69, 9.17) is 9.84 Å². The first-order valence-electron chi connectivity index (χ1n) is 8.49. The number of carbonyl (C=O) groups is 2. The number of aliphatic carboxylic acids is 1. The highest BCUT2D eigenvalue weighted by Gasteiger charge is 2.32. The molecule has 150 valence electrons. The number of nitrogens with zero attached hydrogens (tertiary/aromatic N) is 1. The third-order valence-electron chi connectivity index (χ3n) is 4.18. The van der Waals surface area contributed by atoms with Crippen LogP contribution in [0.5, 0.6) is 0 Å². The standard InChI is InChI=1S/C17H24N2O7S/c1-10-8-19(9-11(2)26-10)27(24,25)14-6-4-13(5-7-14)16(21)18-15(12(3)20)17(22)23/h4-7,10-12,15,20H,8-9H2,1-3H3,(H,18,21)(H,22,23)/t10-,11-,12+,15+/m1/s1. The van der Waals surface area contributed by atoms with Crippen molar-refractivity contribution >= 4 is 21.9 Å². The molecule has 1 fully saturated rings. The van der Waals surface area contributed by atoms with Gasteiger partial charge >= 0.3 is 5.97 Å². The molecule has 0 unspecified atom stereocenters. The minimum Gasteiger partial charge on any atom is -0.480 e. The number of aliphatic hydroxyl groups is 1. The molecule has 0 aliphatic carbocycles. The zero-order valence-corrected chi connectivity index (χ0v) is 16.1. The molecule has 27 heavy (non-hydrogen) atoms. The SMILES string of the molecule is C[C@@H]1CN(S(=O)(=O)c2ccc(C(=O)N[C@H](C(=O)O)[C@H](C)O)cc2)C[C@@H](C)O1. The minimum absolute atomic E-state index is 0.0330. The Morgan fingerprint density at radius 1 is 1.19 bits per heavy atom. The summed E-state index contributed by atoms with van der Waals surface area (Å²) in [6, 6.07) is 3.74. The van der Waals surface area contributed by atoms with Gasteiger partial charge in [-0.15, -0.1) is 0 Å². The van der Waals surface area contributed by atoms with Crippen molar-refractivity contribution in [2.75, 3.05) is 13.1 Å². The van der Waals surface area contributed by atoms with Crippen molar-refractivity contribution in [3.8, 4) is 0 Å². The summed E-state index contributed by atoms with van der Waals surface area (Å²) in [5.41, 5.74) is 0.0876. The highest BCUT2D eigenvalue weighted by atomic mass is 32.2. The number of amides is 1. The average Bonchev–Trinajstić information content (AvgIpc) is 2.58. The van der Waals surface area contributed by atoms with E-state index in [0.717, 1.165) is 0 Å². The topological polar surface area (TPSA) is 133 Å². The lowest BCUT2D eigenvalue weighted by atomic mass is 10.1. The maximum atomic E-state index is 12.8. The first kappa shape index (κ1) is 21.3. The highest BCUT2D eigenvalue weighted by molar-refractivity contribution is 7.89. The first-order valence-corrected chi connectivity index (χ1v) is 9.93. The van der Waals surface area contributed by atoms with Crippen LogP contribution < -0.4 is 5.32 Å². The van der Waals surface area contributed by atoms with Gasteiger partial charge in [-0.1, -0.05) is 0 Å². The van der Waals surface area contributed by atoms with Crippen LogP contribution in [0.15, 0.2) is 29.2 Å². The van der Waals surface area contributed by atoms with E-state index in [1.807, 2.05) is 0 Å². The molecule has 1 aliphatic heterocycles. The van der Waals surface area contributed by atoms with Gasteiger partial charge in [0, 0.05) is 18.7 Å². The van der Waals surface area contributed by atoms with Crippen molar-refractivity contribution in [3.05, 3.63) is 29.8 Å². The Balaban J connectivity index is 2.16. The molecular formula is C17H24N2O7S. The zero-order chi connectivity index (χ0) is 20.4. The van der Waals surface area contributed by atoms with Crippen LogP contribution in [0.1, 0.15) is 31.1 Å². The molecule has 1 saturated heterocycles. The highest BCUT2D eigenvalue weighted by Crippen LogP contribution is 2.21. The van der Waals surface area contributed by atoms with Crippen LogP contribution in [0, 0.1) is 0 Å². The number of hydrogen-bond donors (Lipinski definition) is 3. The zero-order valence-electron chi connectivity index (χ0n) is 15.3. The molecular weight excluding hydrogens is 376 g/mol. The summed E-state index contributed by atoms with van der Waals surface area (Å²) in [5.74, 6) is -2.09. The molecule has 0 aromatic heterocycles. The number of sulfonamides is 1. The van der Waals surface area contributed by atoms with E-state index in [1.165, 1.54) is 35.5 Å². The van der Waals surface area contributed by atoms with Gasteiger partial charge in [-0.3, -0.25) is 4.79 Å². The molecule has 1 aliphatic rings. The number of carboxylic acids is 1. The minimum atomic E-state index is -3.73. The van der Waals surface area contributed by atoms with Gasteiger partial charge in [0.1, 0.15) is 0 Å². The first-order chi connectivity index (χ1) is 12.5. The molecule has 0 saturated carbocycles. The lowest BCUT2D eigenvalue weighted by Crippen LogP contribution is -2.48. The molecule has 0 radical (unpaired) electrons. The molecule has 3 N–H and O–H groups in total. The van der Waals surface area contributed by atoms with E-state index in [0.29, 0.717) is 0 Å². The van der Waals surface area contributed by atoms with Crippen molar-refractivity contribution < 1.29 is 33.0 Å². The number of carbonyl (C=O) groups excluding carboxylic acids is 1. The smallest absolute Gasteiger partial charge is 0.328 e. The fourth-order valence-electron chi connectivity index (χ4n) is 2.87. The van der Waals surface area contributed by atoms with Crippen molar-refractivity contribution in [2.24, 2.45) is 0 Å². The van der Waals surface area contributed by atoms with Gasteiger partial charge in [-0.2, -0.15) is 4.31 Å². The van der Waals surface area contributed by atoms with Gasteiger partial charge in [0.05, 0.1) is 23.2 Å². The fraction of sp³-hybridized carbons (Fsp3) is 0.529. The quantitative estimate of drug-likeness (QED) is 0.614. The summed E-state index contributed by atoms with van der Waals surface area (Å²) >= 11 is 0. The Morgan fingerprint density at radius 3 is 2.15 bits per heavy atom. The summed E-state index contributed by atoms with van der Waals surface area (Å²) in [7, 11) is -3.73. The molecule has 9 nitrogen and oxygen atoms in total. The summed E-state index contributed by atoms with van der Waals surface area (Å²) < 4.78 is 32.4. The Bertz CT molecular complexity index is 782. The summed E-state index contributed by atoms with van der Waals surface area (Å²) in [5, 5.41) is 20.6.